The summed E-state index contributed by atoms with van der Waals surface area (Å²) in [5.41, 5.74) is 0.0186. The Morgan fingerprint density at radius 2 is 2.14 bits per heavy atom. The van der Waals surface area contributed by atoms with Crippen LogP contribution in [0.3, 0.4) is 0 Å². The van der Waals surface area contributed by atoms with E-state index in [1.165, 1.54) is 31.0 Å². The van der Waals surface area contributed by atoms with Gasteiger partial charge in [-0.25, -0.2) is 0 Å². The molecule has 1 aromatic carbocycles. The molecule has 1 aliphatic carbocycles. The molecular formula is C14H17ClN2O3S. The molecule has 0 unspecified atom stereocenters. The molecule has 114 valence electrons. The second-order valence-corrected chi connectivity index (χ2v) is 6.88. The standard InChI is InChI=1S/C14H17ClN2O3S/c1-21-14(6-2-3-7-14)9-16-13(18)11-8-10(17(19)20)4-5-12(11)15/h4-5,8H,2-3,6-7,9H2,1H3,(H,16,18). The van der Waals surface area contributed by atoms with E-state index < -0.39 is 4.92 Å². The zero-order valence-corrected chi connectivity index (χ0v) is 13.3. The number of hydrogen-bond acceptors (Lipinski definition) is 4. The Balaban J connectivity index is 2.09. The number of thioether (sulfide) groups is 1. The fourth-order valence-electron chi connectivity index (χ4n) is 2.61. The van der Waals surface area contributed by atoms with Crippen LogP contribution in [0.15, 0.2) is 18.2 Å². The topological polar surface area (TPSA) is 72.2 Å². The number of non-ortho nitro benzene ring substituents is 1. The Labute approximate surface area is 132 Å². The summed E-state index contributed by atoms with van der Waals surface area (Å²) in [5, 5.41) is 13.9. The summed E-state index contributed by atoms with van der Waals surface area (Å²) in [5.74, 6) is -0.357. The minimum absolute atomic E-state index is 0.0862. The van der Waals surface area contributed by atoms with Crippen LogP contribution in [-0.2, 0) is 0 Å². The second kappa shape index (κ2) is 6.66. The molecule has 0 atom stereocenters. The van der Waals surface area contributed by atoms with Gasteiger partial charge in [0, 0.05) is 23.4 Å². The molecule has 21 heavy (non-hydrogen) atoms. The first kappa shape index (κ1) is 16.1. The van der Waals surface area contributed by atoms with Gasteiger partial charge in [-0.1, -0.05) is 24.4 Å². The number of hydrogen-bond donors (Lipinski definition) is 1. The summed E-state index contributed by atoms with van der Waals surface area (Å²) in [4.78, 5) is 22.5. The fourth-order valence-corrected chi connectivity index (χ4v) is 3.73. The smallest absolute Gasteiger partial charge is 0.270 e. The first-order valence-corrected chi connectivity index (χ1v) is 8.35. The lowest BCUT2D eigenvalue weighted by Gasteiger charge is -2.26. The van der Waals surface area contributed by atoms with E-state index in [4.69, 9.17) is 11.6 Å². The van der Waals surface area contributed by atoms with Gasteiger partial charge in [0.1, 0.15) is 0 Å². The maximum atomic E-state index is 12.2. The van der Waals surface area contributed by atoms with Gasteiger partial charge in [0.05, 0.1) is 15.5 Å². The Morgan fingerprint density at radius 3 is 2.71 bits per heavy atom. The maximum absolute atomic E-state index is 12.2. The summed E-state index contributed by atoms with van der Waals surface area (Å²) in [6.45, 7) is 0.562. The van der Waals surface area contributed by atoms with Crippen LogP contribution < -0.4 is 5.32 Å². The number of amides is 1. The van der Waals surface area contributed by atoms with Crippen LogP contribution in [0.1, 0.15) is 36.0 Å². The molecule has 5 nitrogen and oxygen atoms in total. The average molecular weight is 329 g/mol. The molecule has 7 heteroatoms. The molecule has 0 radical (unpaired) electrons. The van der Waals surface area contributed by atoms with Crippen molar-refractivity contribution in [2.45, 2.75) is 30.4 Å². The largest absolute Gasteiger partial charge is 0.351 e. The van der Waals surface area contributed by atoms with Crippen molar-refractivity contribution >= 4 is 35.0 Å². The van der Waals surface area contributed by atoms with Gasteiger partial charge in [-0.05, 0) is 25.2 Å². The number of rotatable bonds is 5. The predicted molar refractivity (Wildman–Crippen MR) is 85.2 cm³/mol. The number of halogens is 1. The van der Waals surface area contributed by atoms with Gasteiger partial charge in [-0.3, -0.25) is 14.9 Å². The van der Waals surface area contributed by atoms with Crippen molar-refractivity contribution in [3.8, 4) is 0 Å². The molecule has 1 N–H and O–H groups in total. The van der Waals surface area contributed by atoms with Gasteiger partial charge in [0.15, 0.2) is 0 Å². The maximum Gasteiger partial charge on any atom is 0.270 e. The Morgan fingerprint density at radius 1 is 1.48 bits per heavy atom. The second-order valence-electron chi connectivity index (χ2n) is 5.20. The summed E-state index contributed by atoms with van der Waals surface area (Å²) in [7, 11) is 0. The molecule has 0 spiro atoms. The number of benzene rings is 1. The van der Waals surface area contributed by atoms with E-state index in [9.17, 15) is 14.9 Å². The van der Waals surface area contributed by atoms with E-state index in [0.29, 0.717) is 6.54 Å². The molecule has 1 saturated carbocycles. The Bertz CT molecular complexity index is 559. The normalized spacial score (nSPS) is 16.7. The van der Waals surface area contributed by atoms with Crippen molar-refractivity contribution in [1.29, 1.82) is 0 Å². The van der Waals surface area contributed by atoms with Crippen LogP contribution in [-0.4, -0.2) is 28.4 Å². The third-order valence-electron chi connectivity index (χ3n) is 3.92. The van der Waals surface area contributed by atoms with E-state index in [-0.39, 0.29) is 26.9 Å². The molecule has 0 bridgehead atoms. The number of nitro groups is 1. The van der Waals surface area contributed by atoms with Gasteiger partial charge >= 0.3 is 0 Å². The summed E-state index contributed by atoms with van der Waals surface area (Å²) in [6.07, 6.45) is 6.56. The highest BCUT2D eigenvalue weighted by atomic mass is 35.5. The van der Waals surface area contributed by atoms with Crippen LogP contribution >= 0.6 is 23.4 Å². The van der Waals surface area contributed by atoms with Crippen molar-refractivity contribution in [2.24, 2.45) is 0 Å². The molecule has 1 aromatic rings. The summed E-state index contributed by atoms with van der Waals surface area (Å²) < 4.78 is 0.0862. The highest BCUT2D eigenvalue weighted by Crippen LogP contribution is 2.39. The average Bonchev–Trinajstić information content (AvgIpc) is 2.94. The zero-order chi connectivity index (χ0) is 15.5. The molecule has 0 aromatic heterocycles. The van der Waals surface area contributed by atoms with E-state index in [2.05, 4.69) is 11.6 Å². The van der Waals surface area contributed by atoms with Crippen molar-refractivity contribution < 1.29 is 9.72 Å². The lowest BCUT2D eigenvalue weighted by Crippen LogP contribution is -2.38. The third kappa shape index (κ3) is 3.68. The lowest BCUT2D eigenvalue weighted by molar-refractivity contribution is -0.384. The number of nitro benzene ring substituents is 1. The van der Waals surface area contributed by atoms with Gasteiger partial charge in [-0.2, -0.15) is 11.8 Å². The minimum Gasteiger partial charge on any atom is -0.351 e. The summed E-state index contributed by atoms with van der Waals surface area (Å²) >= 11 is 7.74. The minimum atomic E-state index is -0.534. The van der Waals surface area contributed by atoms with E-state index in [0.717, 1.165) is 12.8 Å². The Hall–Kier alpha value is -1.27. The number of carbonyl (C=O) groups is 1. The molecule has 1 amide bonds. The SMILES string of the molecule is CSC1(CNC(=O)c2cc([N+](=O)[O-])ccc2Cl)CCCC1. The number of nitrogens with zero attached hydrogens (tertiary/aromatic N) is 1. The van der Waals surface area contributed by atoms with Crippen LogP contribution in [0.4, 0.5) is 5.69 Å². The van der Waals surface area contributed by atoms with Crippen LogP contribution in [0.2, 0.25) is 5.02 Å². The van der Waals surface area contributed by atoms with Gasteiger partial charge in [0.25, 0.3) is 11.6 Å². The van der Waals surface area contributed by atoms with Gasteiger partial charge in [0.2, 0.25) is 0 Å². The molecule has 1 aliphatic rings. The van der Waals surface area contributed by atoms with Gasteiger partial charge in [-0.15, -0.1) is 0 Å². The fraction of sp³-hybridized carbons (Fsp3) is 0.500. The zero-order valence-electron chi connectivity index (χ0n) is 11.7. The van der Waals surface area contributed by atoms with Crippen LogP contribution in [0.5, 0.6) is 0 Å². The highest BCUT2D eigenvalue weighted by molar-refractivity contribution is 8.00. The Kier molecular flexibility index (Phi) is 5.11. The number of nitrogens with one attached hydrogen (secondary N) is 1. The van der Waals surface area contributed by atoms with E-state index in [1.807, 2.05) is 0 Å². The van der Waals surface area contributed by atoms with Gasteiger partial charge < -0.3 is 5.32 Å². The molecule has 0 saturated heterocycles. The van der Waals surface area contributed by atoms with Crippen LogP contribution in [0.25, 0.3) is 0 Å². The molecule has 0 aliphatic heterocycles. The predicted octanol–water partition coefficient (Wildman–Crippen LogP) is 3.65. The first-order valence-electron chi connectivity index (χ1n) is 6.75. The molecule has 0 heterocycles. The van der Waals surface area contributed by atoms with E-state index >= 15 is 0 Å². The molecular weight excluding hydrogens is 312 g/mol. The van der Waals surface area contributed by atoms with E-state index in [1.54, 1.807) is 11.8 Å². The lowest BCUT2D eigenvalue weighted by atomic mass is 10.1. The molecule has 1 fully saturated rings. The van der Waals surface area contributed by atoms with Crippen molar-refractivity contribution in [3.05, 3.63) is 38.9 Å². The molecule has 2 rings (SSSR count). The van der Waals surface area contributed by atoms with Crippen LogP contribution in [0, 0.1) is 10.1 Å². The van der Waals surface area contributed by atoms with Crippen molar-refractivity contribution in [1.82, 2.24) is 5.32 Å². The third-order valence-corrected chi connectivity index (χ3v) is 5.67. The highest BCUT2D eigenvalue weighted by Gasteiger charge is 2.33. The first-order chi connectivity index (χ1) is 9.97. The summed E-state index contributed by atoms with van der Waals surface area (Å²) in [6, 6.07) is 3.89. The van der Waals surface area contributed by atoms with Crippen molar-refractivity contribution in [3.63, 3.8) is 0 Å². The monoisotopic (exact) mass is 328 g/mol. The van der Waals surface area contributed by atoms with Crippen molar-refractivity contribution in [2.75, 3.05) is 12.8 Å². The quantitative estimate of drug-likeness (QED) is 0.661. The number of carbonyl (C=O) groups excluding carboxylic acids is 1.